The Kier molecular flexibility index (Phi) is 4.17. The molecule has 2 N–H and O–H groups in total. The summed E-state index contributed by atoms with van der Waals surface area (Å²) in [4.78, 5) is 4.03. The van der Waals surface area contributed by atoms with Gasteiger partial charge in [0.05, 0.1) is 17.1 Å². The van der Waals surface area contributed by atoms with Gasteiger partial charge in [-0.15, -0.1) is 11.6 Å². The third-order valence-electron chi connectivity index (χ3n) is 1.48. The average molecular weight is 320 g/mol. The van der Waals surface area contributed by atoms with E-state index in [4.69, 9.17) is 22.6 Å². The van der Waals surface area contributed by atoms with Crippen molar-refractivity contribution >= 4 is 45.7 Å². The van der Waals surface area contributed by atoms with Gasteiger partial charge in [0.15, 0.2) is 0 Å². The van der Waals surface area contributed by atoms with Crippen LogP contribution in [0.25, 0.3) is 0 Å². The van der Waals surface area contributed by atoms with Crippen LogP contribution in [-0.2, 0) is 0 Å². The van der Waals surface area contributed by atoms with Gasteiger partial charge < -0.3 is 5.73 Å². The molecule has 0 saturated carbocycles. The van der Waals surface area contributed by atoms with Gasteiger partial charge in [0, 0.05) is 3.57 Å². The number of halogens is 2. The molecule has 0 radical (unpaired) electrons. The highest BCUT2D eigenvalue weighted by Gasteiger charge is 2.01. The summed E-state index contributed by atoms with van der Waals surface area (Å²) in [6, 6.07) is 7.42. The molecule has 1 rings (SSSR count). The van der Waals surface area contributed by atoms with Gasteiger partial charge in [0.2, 0.25) is 0 Å². The van der Waals surface area contributed by atoms with Crippen LogP contribution in [0.1, 0.15) is 5.56 Å². The molecule has 0 aliphatic heterocycles. The van der Waals surface area contributed by atoms with Gasteiger partial charge in [-0.2, -0.15) is 5.26 Å². The summed E-state index contributed by atoms with van der Waals surface area (Å²) < 4.78 is 0.988. The number of benzene rings is 1. The van der Waals surface area contributed by atoms with Crippen molar-refractivity contribution in [1.82, 2.24) is 0 Å². The second kappa shape index (κ2) is 5.17. The van der Waals surface area contributed by atoms with Crippen molar-refractivity contribution in [2.24, 2.45) is 10.7 Å². The fraction of sp³-hybridized carbons (Fsp3) is 0.111. The topological polar surface area (TPSA) is 62.2 Å². The maximum Gasteiger partial charge on any atom is 0.115 e. The molecule has 0 saturated heterocycles. The van der Waals surface area contributed by atoms with Crippen LogP contribution >= 0.6 is 34.2 Å². The molecule has 1 aromatic rings. The van der Waals surface area contributed by atoms with E-state index in [0.717, 1.165) is 3.57 Å². The molecule has 0 amide bonds. The molecule has 0 atom stereocenters. The molecule has 0 unspecified atom stereocenters. The number of rotatable bonds is 2. The number of aliphatic imine (C=N–C) groups is 1. The Morgan fingerprint density at radius 1 is 1.64 bits per heavy atom. The van der Waals surface area contributed by atoms with Crippen molar-refractivity contribution in [2.75, 3.05) is 5.88 Å². The summed E-state index contributed by atoms with van der Waals surface area (Å²) in [5, 5.41) is 8.83. The van der Waals surface area contributed by atoms with Gasteiger partial charge in [-0.3, -0.25) is 0 Å². The zero-order chi connectivity index (χ0) is 10.6. The summed E-state index contributed by atoms with van der Waals surface area (Å²) in [5.74, 6) is 0.473. The molecule has 0 bridgehead atoms. The lowest BCUT2D eigenvalue weighted by Crippen LogP contribution is -2.12. The molecule has 72 valence electrons. The molecule has 0 spiro atoms. The summed E-state index contributed by atoms with van der Waals surface area (Å²) >= 11 is 7.62. The number of nitrogens with zero attached hydrogens (tertiary/aromatic N) is 2. The van der Waals surface area contributed by atoms with E-state index in [1.54, 1.807) is 12.1 Å². The Morgan fingerprint density at radius 3 is 2.93 bits per heavy atom. The third kappa shape index (κ3) is 2.86. The number of amidine groups is 1. The lowest BCUT2D eigenvalue weighted by molar-refractivity contribution is 1.40. The first-order chi connectivity index (χ1) is 6.67. The smallest absolute Gasteiger partial charge is 0.115 e. The molecule has 0 fully saturated rings. The van der Waals surface area contributed by atoms with Crippen molar-refractivity contribution in [3.63, 3.8) is 0 Å². The molecule has 1 aromatic carbocycles. The predicted molar refractivity (Wildman–Crippen MR) is 65.9 cm³/mol. The molecule has 0 heterocycles. The van der Waals surface area contributed by atoms with E-state index in [0.29, 0.717) is 17.1 Å². The average Bonchev–Trinajstić information content (AvgIpc) is 2.20. The minimum Gasteiger partial charge on any atom is -0.386 e. The SMILES string of the molecule is N#Cc1cc(I)ccc1N=C(N)CCl. The van der Waals surface area contributed by atoms with E-state index in [9.17, 15) is 0 Å². The predicted octanol–water partition coefficient (Wildman–Crippen LogP) is 2.39. The van der Waals surface area contributed by atoms with Crippen molar-refractivity contribution in [2.45, 2.75) is 0 Å². The first kappa shape index (κ1) is 11.3. The van der Waals surface area contributed by atoms with E-state index < -0.39 is 0 Å². The van der Waals surface area contributed by atoms with Crippen LogP contribution in [0.3, 0.4) is 0 Å². The maximum atomic E-state index is 8.83. The number of alkyl halides is 1. The van der Waals surface area contributed by atoms with E-state index in [-0.39, 0.29) is 5.88 Å². The van der Waals surface area contributed by atoms with Gasteiger partial charge in [0.1, 0.15) is 11.9 Å². The van der Waals surface area contributed by atoms with Crippen molar-refractivity contribution in [3.05, 3.63) is 27.3 Å². The third-order valence-corrected chi connectivity index (χ3v) is 2.42. The van der Waals surface area contributed by atoms with Crippen LogP contribution < -0.4 is 5.73 Å². The van der Waals surface area contributed by atoms with Crippen molar-refractivity contribution < 1.29 is 0 Å². The van der Waals surface area contributed by atoms with Crippen LogP contribution in [0.15, 0.2) is 23.2 Å². The van der Waals surface area contributed by atoms with Gasteiger partial charge in [0.25, 0.3) is 0 Å². The Labute approximate surface area is 101 Å². The zero-order valence-corrected chi connectivity index (χ0v) is 10.1. The fourth-order valence-corrected chi connectivity index (χ4v) is 1.43. The summed E-state index contributed by atoms with van der Waals surface area (Å²) in [6.45, 7) is 0. The normalized spacial score (nSPS) is 11.1. The summed E-state index contributed by atoms with van der Waals surface area (Å²) in [7, 11) is 0. The van der Waals surface area contributed by atoms with Crippen molar-refractivity contribution in [3.8, 4) is 6.07 Å². The highest BCUT2D eigenvalue weighted by Crippen LogP contribution is 2.20. The van der Waals surface area contributed by atoms with Gasteiger partial charge in [-0.1, -0.05) is 0 Å². The van der Waals surface area contributed by atoms with Gasteiger partial charge in [-0.05, 0) is 40.8 Å². The number of hydrogen-bond donors (Lipinski definition) is 1. The molecular formula is C9H7ClIN3. The van der Waals surface area contributed by atoms with Crippen LogP contribution in [0.5, 0.6) is 0 Å². The Bertz CT molecular complexity index is 409. The summed E-state index contributed by atoms with van der Waals surface area (Å²) in [5.41, 5.74) is 6.54. The van der Waals surface area contributed by atoms with E-state index in [2.05, 4.69) is 33.7 Å². The first-order valence-electron chi connectivity index (χ1n) is 3.76. The Balaban J connectivity index is 3.17. The lowest BCUT2D eigenvalue weighted by Gasteiger charge is -1.99. The first-order valence-corrected chi connectivity index (χ1v) is 5.37. The standard InChI is InChI=1S/C9H7ClIN3/c10-4-9(13)14-8-2-1-7(11)3-6(8)5-12/h1-3H,4H2,(H2,13,14). The molecule has 0 aliphatic rings. The van der Waals surface area contributed by atoms with Crippen LogP contribution in [0.4, 0.5) is 5.69 Å². The van der Waals surface area contributed by atoms with Crippen molar-refractivity contribution in [1.29, 1.82) is 5.26 Å². The number of nitriles is 1. The Hall–Kier alpha value is -0.800. The second-order valence-corrected chi connectivity index (χ2v) is 4.02. The molecule has 0 aromatic heterocycles. The molecule has 5 heteroatoms. The number of hydrogen-bond acceptors (Lipinski definition) is 2. The fourth-order valence-electron chi connectivity index (χ4n) is 0.880. The second-order valence-electron chi connectivity index (χ2n) is 2.51. The largest absolute Gasteiger partial charge is 0.386 e. The molecule has 3 nitrogen and oxygen atoms in total. The molecule has 0 aliphatic carbocycles. The summed E-state index contributed by atoms with van der Waals surface area (Å²) in [6.07, 6.45) is 0. The van der Waals surface area contributed by atoms with Crippen LogP contribution in [-0.4, -0.2) is 11.7 Å². The van der Waals surface area contributed by atoms with Gasteiger partial charge in [-0.25, -0.2) is 4.99 Å². The monoisotopic (exact) mass is 319 g/mol. The number of nitrogens with two attached hydrogens (primary N) is 1. The highest BCUT2D eigenvalue weighted by atomic mass is 127. The minimum absolute atomic E-state index is 0.164. The van der Waals surface area contributed by atoms with E-state index in [1.165, 1.54) is 0 Å². The minimum atomic E-state index is 0.164. The van der Waals surface area contributed by atoms with Crippen LogP contribution in [0.2, 0.25) is 0 Å². The lowest BCUT2D eigenvalue weighted by atomic mass is 10.2. The molecular weight excluding hydrogens is 312 g/mol. The van der Waals surface area contributed by atoms with E-state index in [1.807, 2.05) is 6.07 Å². The highest BCUT2D eigenvalue weighted by molar-refractivity contribution is 14.1. The maximum absolute atomic E-state index is 8.83. The zero-order valence-electron chi connectivity index (χ0n) is 7.17. The molecule has 14 heavy (non-hydrogen) atoms. The van der Waals surface area contributed by atoms with E-state index >= 15 is 0 Å². The quantitative estimate of drug-likeness (QED) is 0.394. The van der Waals surface area contributed by atoms with Gasteiger partial charge >= 0.3 is 0 Å². The van der Waals surface area contributed by atoms with Crippen LogP contribution in [0, 0.1) is 14.9 Å². The Morgan fingerprint density at radius 2 is 2.36 bits per heavy atom.